The van der Waals surface area contributed by atoms with E-state index in [1.807, 2.05) is 12.1 Å². The Labute approximate surface area is 155 Å². The molecule has 0 spiro atoms. The van der Waals surface area contributed by atoms with Crippen molar-refractivity contribution >= 4 is 38.8 Å². The minimum Gasteiger partial charge on any atom is -0.379 e. The van der Waals surface area contributed by atoms with E-state index in [2.05, 4.69) is 47.2 Å². The number of carbonyl (C=O) groups is 1. The third kappa shape index (κ3) is 5.24. The first-order valence-corrected chi connectivity index (χ1v) is 9.54. The molecule has 1 atom stereocenters. The van der Waals surface area contributed by atoms with Gasteiger partial charge in [-0.15, -0.1) is 0 Å². The van der Waals surface area contributed by atoms with E-state index < -0.39 is 0 Å². The van der Waals surface area contributed by atoms with Gasteiger partial charge in [-0.2, -0.15) is 0 Å². The molecule has 0 saturated carbocycles. The third-order valence-electron chi connectivity index (χ3n) is 4.10. The molecule has 0 fully saturated rings. The highest BCUT2D eigenvalue weighted by Gasteiger charge is 2.15. The van der Waals surface area contributed by atoms with Crippen molar-refractivity contribution in [2.45, 2.75) is 26.0 Å². The zero-order valence-electron chi connectivity index (χ0n) is 13.9. The van der Waals surface area contributed by atoms with Crippen molar-refractivity contribution in [1.29, 1.82) is 5.41 Å². The lowest BCUT2D eigenvalue weighted by molar-refractivity contribution is 0.0956. The quantitative estimate of drug-likeness (QED) is 0.504. The maximum Gasteiger partial charge on any atom is 0.251 e. The minimum absolute atomic E-state index is 0.0461. The van der Waals surface area contributed by atoms with Crippen LogP contribution in [0.1, 0.15) is 36.2 Å². The zero-order chi connectivity index (χ0) is 17.7. The first-order chi connectivity index (χ1) is 11.4. The Morgan fingerprint density at radius 3 is 2.88 bits per heavy atom. The van der Waals surface area contributed by atoms with E-state index in [-0.39, 0.29) is 11.1 Å². The molecule has 0 aliphatic heterocycles. The fraction of sp³-hybridized carbons (Fsp3) is 0.333. The van der Waals surface area contributed by atoms with Crippen molar-refractivity contribution in [1.82, 2.24) is 5.32 Å². The Balaban J connectivity index is 2.05. The second-order valence-corrected chi connectivity index (χ2v) is 7.91. The maximum absolute atomic E-state index is 12.5. The highest BCUT2D eigenvalue weighted by molar-refractivity contribution is 9.10. The number of hydrogen-bond acceptors (Lipinski definition) is 3. The minimum atomic E-state index is -0.0959. The van der Waals surface area contributed by atoms with Crippen LogP contribution in [0.15, 0.2) is 46.0 Å². The summed E-state index contributed by atoms with van der Waals surface area (Å²) in [5, 5.41) is 10.4. The van der Waals surface area contributed by atoms with Crippen LogP contribution in [-0.2, 0) is 5.75 Å². The molecule has 1 unspecified atom stereocenters. The monoisotopic (exact) mass is 407 g/mol. The van der Waals surface area contributed by atoms with Crippen LogP contribution in [0.5, 0.6) is 0 Å². The highest BCUT2D eigenvalue weighted by atomic mass is 79.9. The van der Waals surface area contributed by atoms with Crippen molar-refractivity contribution < 1.29 is 4.79 Å². The lowest BCUT2D eigenvalue weighted by Crippen LogP contribution is -2.27. The number of allylic oxidation sites excluding steroid dienone is 3. The van der Waals surface area contributed by atoms with Gasteiger partial charge in [0.15, 0.2) is 5.17 Å². The summed E-state index contributed by atoms with van der Waals surface area (Å²) in [4.78, 5) is 12.5. The van der Waals surface area contributed by atoms with Crippen molar-refractivity contribution in [3.05, 3.63) is 57.1 Å². The van der Waals surface area contributed by atoms with Gasteiger partial charge < -0.3 is 11.1 Å². The van der Waals surface area contributed by atoms with Crippen LogP contribution in [0.25, 0.3) is 0 Å². The molecule has 1 aromatic rings. The fourth-order valence-electron chi connectivity index (χ4n) is 2.51. The van der Waals surface area contributed by atoms with Crippen LogP contribution in [0.2, 0.25) is 0 Å². The average molecular weight is 408 g/mol. The fourth-order valence-corrected chi connectivity index (χ4v) is 3.47. The van der Waals surface area contributed by atoms with E-state index in [0.717, 1.165) is 16.5 Å². The van der Waals surface area contributed by atoms with Gasteiger partial charge >= 0.3 is 0 Å². The van der Waals surface area contributed by atoms with Crippen molar-refractivity contribution in [3.8, 4) is 0 Å². The summed E-state index contributed by atoms with van der Waals surface area (Å²) in [6.07, 6.45) is 5.21. The number of amidine groups is 1. The zero-order valence-corrected chi connectivity index (χ0v) is 16.3. The lowest BCUT2D eigenvalue weighted by atomic mass is 9.89. The second kappa shape index (κ2) is 8.53. The van der Waals surface area contributed by atoms with E-state index >= 15 is 0 Å². The van der Waals surface area contributed by atoms with Gasteiger partial charge in [0.1, 0.15) is 0 Å². The lowest BCUT2D eigenvalue weighted by Gasteiger charge is -2.19. The van der Waals surface area contributed by atoms with Crippen molar-refractivity contribution in [2.75, 3.05) is 6.54 Å². The predicted octanol–water partition coefficient (Wildman–Crippen LogP) is 4.22. The Morgan fingerprint density at radius 2 is 2.21 bits per heavy atom. The Hall–Kier alpha value is -1.53. The summed E-state index contributed by atoms with van der Waals surface area (Å²) < 4.78 is 0.905. The van der Waals surface area contributed by atoms with Crippen molar-refractivity contribution in [3.63, 3.8) is 0 Å². The van der Waals surface area contributed by atoms with Gasteiger partial charge in [-0.25, -0.2) is 0 Å². The molecule has 4 nitrogen and oxygen atoms in total. The summed E-state index contributed by atoms with van der Waals surface area (Å²) in [6, 6.07) is 5.56. The van der Waals surface area contributed by atoms with Gasteiger partial charge in [-0.3, -0.25) is 10.2 Å². The topological polar surface area (TPSA) is 79.0 Å². The van der Waals surface area contributed by atoms with E-state index in [1.165, 1.54) is 22.9 Å². The van der Waals surface area contributed by atoms with Gasteiger partial charge in [0.2, 0.25) is 0 Å². The van der Waals surface area contributed by atoms with Crippen LogP contribution in [0, 0.1) is 11.3 Å². The summed E-state index contributed by atoms with van der Waals surface area (Å²) >= 11 is 4.64. The molecule has 1 aromatic carbocycles. The molecule has 0 radical (unpaired) electrons. The molecule has 2 rings (SSSR count). The number of nitrogens with one attached hydrogen (secondary N) is 2. The van der Waals surface area contributed by atoms with Gasteiger partial charge in [0.05, 0.1) is 0 Å². The molecule has 0 saturated heterocycles. The Morgan fingerprint density at radius 1 is 1.46 bits per heavy atom. The Kier molecular flexibility index (Phi) is 6.69. The van der Waals surface area contributed by atoms with E-state index in [4.69, 9.17) is 11.1 Å². The van der Waals surface area contributed by atoms with Crippen molar-refractivity contribution in [2.24, 2.45) is 11.7 Å². The van der Waals surface area contributed by atoms with Gasteiger partial charge in [0.25, 0.3) is 5.91 Å². The van der Waals surface area contributed by atoms with E-state index in [1.54, 1.807) is 6.07 Å². The molecular formula is C18H22BrN3OS. The smallest absolute Gasteiger partial charge is 0.251 e. The molecule has 1 aliphatic carbocycles. The SMILES string of the molecule is CC1=CC=C(CNC(=O)c2ccc(Br)cc2CSC(=N)N)CC1C. The third-order valence-corrected chi connectivity index (χ3v) is 5.36. The van der Waals surface area contributed by atoms with Crippen LogP contribution in [0.3, 0.4) is 0 Å². The summed E-state index contributed by atoms with van der Waals surface area (Å²) in [5.41, 5.74) is 9.51. The van der Waals surface area contributed by atoms with Crippen LogP contribution in [-0.4, -0.2) is 17.6 Å². The number of amides is 1. The van der Waals surface area contributed by atoms with Crippen LogP contribution >= 0.6 is 27.7 Å². The second-order valence-electron chi connectivity index (χ2n) is 5.98. The van der Waals surface area contributed by atoms with Crippen LogP contribution < -0.4 is 11.1 Å². The molecule has 1 aliphatic rings. The Bertz CT molecular complexity index is 712. The molecule has 6 heteroatoms. The number of hydrogen-bond donors (Lipinski definition) is 3. The largest absolute Gasteiger partial charge is 0.379 e. The van der Waals surface area contributed by atoms with Crippen LogP contribution in [0.4, 0.5) is 0 Å². The molecule has 1 amide bonds. The number of carbonyl (C=O) groups excluding carboxylic acids is 1. The van der Waals surface area contributed by atoms with Gasteiger partial charge in [-0.05, 0) is 43.0 Å². The molecule has 128 valence electrons. The first kappa shape index (κ1) is 18.8. The van der Waals surface area contributed by atoms with Gasteiger partial charge in [-0.1, -0.05) is 57.9 Å². The molecule has 0 heterocycles. The molecule has 4 N–H and O–H groups in total. The summed E-state index contributed by atoms with van der Waals surface area (Å²) in [7, 11) is 0. The molecular weight excluding hydrogens is 386 g/mol. The predicted molar refractivity (Wildman–Crippen MR) is 105 cm³/mol. The molecule has 24 heavy (non-hydrogen) atoms. The highest BCUT2D eigenvalue weighted by Crippen LogP contribution is 2.24. The standard InChI is InChI=1S/C18H22BrN3OS/c1-11-3-4-13(7-12(11)2)9-22-17(23)16-6-5-15(19)8-14(16)10-24-18(20)21/h3-6,8,12H,7,9-10H2,1-2H3,(H3,20,21)(H,22,23). The molecule has 0 aromatic heterocycles. The summed E-state index contributed by atoms with van der Waals surface area (Å²) in [6.45, 7) is 4.89. The normalized spacial score (nSPS) is 17.0. The number of rotatable bonds is 5. The number of nitrogens with two attached hydrogens (primary N) is 1. The maximum atomic E-state index is 12.5. The molecule has 0 bridgehead atoms. The van der Waals surface area contributed by atoms with E-state index in [9.17, 15) is 4.79 Å². The number of halogens is 1. The summed E-state index contributed by atoms with van der Waals surface area (Å²) in [5.74, 6) is 0.928. The first-order valence-electron chi connectivity index (χ1n) is 7.76. The van der Waals surface area contributed by atoms with Gasteiger partial charge in [0, 0.05) is 22.3 Å². The number of benzene rings is 1. The van der Waals surface area contributed by atoms with E-state index in [0.29, 0.717) is 23.8 Å². The number of thioether (sulfide) groups is 1. The average Bonchev–Trinajstić information content (AvgIpc) is 2.53.